The molecule has 0 saturated carbocycles. The molecule has 26 heavy (non-hydrogen) atoms. The number of rotatable bonds is 5. The Hall–Kier alpha value is -3.47. The van der Waals surface area contributed by atoms with Crippen LogP contribution in [0, 0.1) is 6.92 Å². The monoisotopic (exact) mass is 341 g/mol. The van der Waals surface area contributed by atoms with E-state index in [1.165, 1.54) is 0 Å². The van der Waals surface area contributed by atoms with Gasteiger partial charge in [-0.1, -0.05) is 24.8 Å². The van der Waals surface area contributed by atoms with Gasteiger partial charge in [0.1, 0.15) is 11.6 Å². The van der Waals surface area contributed by atoms with E-state index in [9.17, 15) is 0 Å². The molecule has 0 fully saturated rings. The Morgan fingerprint density at radius 3 is 2.73 bits per heavy atom. The number of hydrogen-bond acceptors (Lipinski definition) is 4. The average molecular weight is 341 g/mol. The fourth-order valence-corrected chi connectivity index (χ4v) is 2.92. The third kappa shape index (κ3) is 3.32. The van der Waals surface area contributed by atoms with Crippen molar-refractivity contribution < 1.29 is 0 Å². The summed E-state index contributed by atoms with van der Waals surface area (Å²) in [6.07, 6.45) is 9.26. The molecule has 1 aromatic carbocycles. The van der Waals surface area contributed by atoms with E-state index >= 15 is 0 Å². The lowest BCUT2D eigenvalue weighted by Crippen LogP contribution is -2.09. The van der Waals surface area contributed by atoms with Crippen LogP contribution >= 0.6 is 0 Å². The fourth-order valence-electron chi connectivity index (χ4n) is 2.92. The molecule has 0 aliphatic rings. The number of fused-ring (bicyclic) bond motifs is 1. The highest BCUT2D eigenvalue weighted by molar-refractivity contribution is 5.88. The number of allylic oxidation sites excluding steroid dienone is 1. The van der Waals surface area contributed by atoms with Crippen molar-refractivity contribution in [1.29, 1.82) is 0 Å². The molecule has 128 valence electrons. The number of benzene rings is 1. The van der Waals surface area contributed by atoms with Crippen LogP contribution in [0.5, 0.6) is 0 Å². The number of hydrogen-bond donors (Lipinski definition) is 1. The van der Waals surface area contributed by atoms with Gasteiger partial charge in [-0.15, -0.1) is 0 Å². The summed E-state index contributed by atoms with van der Waals surface area (Å²) in [7, 11) is 0. The van der Waals surface area contributed by atoms with Crippen molar-refractivity contribution in [2.24, 2.45) is 0 Å². The summed E-state index contributed by atoms with van der Waals surface area (Å²) in [5.74, 6) is 1.74. The molecule has 0 amide bonds. The van der Waals surface area contributed by atoms with Gasteiger partial charge in [0.15, 0.2) is 0 Å². The number of nitrogens with one attached hydrogen (secondary N) is 1. The van der Waals surface area contributed by atoms with Crippen molar-refractivity contribution in [3.8, 4) is 11.1 Å². The maximum absolute atomic E-state index is 4.49. The largest absolute Gasteiger partial charge is 0.343 e. The first-order valence-corrected chi connectivity index (χ1v) is 8.42. The molecule has 0 spiro atoms. The molecule has 3 heterocycles. The average Bonchev–Trinajstić information content (AvgIpc) is 3.06. The number of imidazole rings is 1. The van der Waals surface area contributed by atoms with Crippen molar-refractivity contribution >= 4 is 16.6 Å². The van der Waals surface area contributed by atoms with Crippen molar-refractivity contribution in [3.05, 3.63) is 85.5 Å². The first-order chi connectivity index (χ1) is 12.7. The third-order valence-electron chi connectivity index (χ3n) is 4.31. The summed E-state index contributed by atoms with van der Waals surface area (Å²) >= 11 is 0. The molecule has 0 radical (unpaired) electrons. The molecule has 5 heteroatoms. The van der Waals surface area contributed by atoms with Crippen molar-refractivity contribution in [2.75, 3.05) is 5.32 Å². The quantitative estimate of drug-likeness (QED) is 0.583. The maximum Gasteiger partial charge on any atom is 0.130 e. The topological polar surface area (TPSA) is 55.6 Å². The summed E-state index contributed by atoms with van der Waals surface area (Å²) in [5, 5.41) is 5.51. The van der Waals surface area contributed by atoms with Gasteiger partial charge in [-0.3, -0.25) is 4.98 Å². The maximum atomic E-state index is 4.49. The van der Waals surface area contributed by atoms with Crippen LogP contribution in [0.1, 0.15) is 5.82 Å². The van der Waals surface area contributed by atoms with Gasteiger partial charge in [0, 0.05) is 47.6 Å². The number of pyridine rings is 2. The molecule has 4 aromatic rings. The minimum Gasteiger partial charge on any atom is -0.343 e. The molecular formula is C21H19N5. The van der Waals surface area contributed by atoms with Crippen LogP contribution in [0.4, 0.5) is 5.82 Å². The standard InChI is InChI=1S/C21H19N5/c1-15(14-26-9-8-23-16(26)2)25-21-11-20-10-17(5-6-19(20)13-24-21)18-4-3-7-22-12-18/h3-13H,1,14H2,2H3,(H,24,25). The highest BCUT2D eigenvalue weighted by atomic mass is 15.1. The van der Waals surface area contributed by atoms with Crippen LogP contribution in [-0.2, 0) is 6.54 Å². The molecule has 0 aliphatic heterocycles. The van der Waals surface area contributed by atoms with E-state index in [1.807, 2.05) is 42.2 Å². The molecule has 0 saturated heterocycles. The minimum absolute atomic E-state index is 0.654. The number of anilines is 1. The SMILES string of the molecule is C=C(Cn1ccnc1C)Nc1cc2cc(-c3cccnc3)ccc2cn1. The predicted molar refractivity (Wildman–Crippen MR) is 105 cm³/mol. The lowest BCUT2D eigenvalue weighted by Gasteiger charge is -2.12. The van der Waals surface area contributed by atoms with E-state index in [0.29, 0.717) is 6.54 Å². The zero-order valence-corrected chi connectivity index (χ0v) is 14.6. The Bertz CT molecular complexity index is 1070. The molecule has 1 N–H and O–H groups in total. The lowest BCUT2D eigenvalue weighted by atomic mass is 10.0. The number of nitrogens with zero attached hydrogens (tertiary/aromatic N) is 4. The zero-order chi connectivity index (χ0) is 17.9. The molecular weight excluding hydrogens is 322 g/mol. The third-order valence-corrected chi connectivity index (χ3v) is 4.31. The van der Waals surface area contributed by atoms with Gasteiger partial charge in [0.25, 0.3) is 0 Å². The minimum atomic E-state index is 0.654. The lowest BCUT2D eigenvalue weighted by molar-refractivity contribution is 0.753. The van der Waals surface area contributed by atoms with Gasteiger partial charge in [0.05, 0.1) is 6.54 Å². The van der Waals surface area contributed by atoms with Gasteiger partial charge in [-0.2, -0.15) is 0 Å². The second-order valence-electron chi connectivity index (χ2n) is 6.20. The second kappa shape index (κ2) is 6.80. The molecule has 3 aromatic heterocycles. The molecule has 4 rings (SSSR count). The Labute approximate surface area is 152 Å². The number of aryl methyl sites for hydroxylation is 1. The van der Waals surface area contributed by atoms with Gasteiger partial charge in [-0.05, 0) is 36.1 Å². The Kier molecular flexibility index (Phi) is 4.19. The molecule has 0 bridgehead atoms. The molecule has 0 aliphatic carbocycles. The summed E-state index contributed by atoms with van der Waals surface area (Å²) in [4.78, 5) is 12.9. The first-order valence-electron chi connectivity index (χ1n) is 8.42. The van der Waals surface area contributed by atoms with E-state index in [0.717, 1.165) is 39.2 Å². The predicted octanol–water partition coefficient (Wildman–Crippen LogP) is 4.43. The highest BCUT2D eigenvalue weighted by Crippen LogP contribution is 2.25. The highest BCUT2D eigenvalue weighted by Gasteiger charge is 2.04. The van der Waals surface area contributed by atoms with E-state index in [4.69, 9.17) is 0 Å². The van der Waals surface area contributed by atoms with E-state index in [-0.39, 0.29) is 0 Å². The van der Waals surface area contributed by atoms with E-state index < -0.39 is 0 Å². The van der Waals surface area contributed by atoms with Crippen LogP contribution in [0.2, 0.25) is 0 Å². The van der Waals surface area contributed by atoms with Gasteiger partial charge < -0.3 is 9.88 Å². The summed E-state index contributed by atoms with van der Waals surface area (Å²) in [6.45, 7) is 6.73. The molecule has 0 unspecified atom stereocenters. The number of aromatic nitrogens is 4. The van der Waals surface area contributed by atoms with E-state index in [2.05, 4.69) is 51.1 Å². The van der Waals surface area contributed by atoms with Crippen LogP contribution in [0.25, 0.3) is 21.9 Å². The Morgan fingerprint density at radius 1 is 1.04 bits per heavy atom. The molecule has 5 nitrogen and oxygen atoms in total. The second-order valence-corrected chi connectivity index (χ2v) is 6.20. The summed E-state index contributed by atoms with van der Waals surface area (Å²) < 4.78 is 2.04. The van der Waals surface area contributed by atoms with E-state index in [1.54, 1.807) is 12.4 Å². The summed E-state index contributed by atoms with van der Waals surface area (Å²) in [6, 6.07) is 12.4. The van der Waals surface area contributed by atoms with Crippen molar-refractivity contribution in [3.63, 3.8) is 0 Å². The Balaban J connectivity index is 1.58. The summed E-state index contributed by atoms with van der Waals surface area (Å²) in [5.41, 5.74) is 3.10. The van der Waals surface area contributed by atoms with Crippen molar-refractivity contribution in [2.45, 2.75) is 13.5 Å². The van der Waals surface area contributed by atoms with Crippen molar-refractivity contribution in [1.82, 2.24) is 19.5 Å². The van der Waals surface area contributed by atoms with Gasteiger partial charge in [-0.25, -0.2) is 9.97 Å². The smallest absolute Gasteiger partial charge is 0.130 e. The normalized spacial score (nSPS) is 10.8. The van der Waals surface area contributed by atoms with Gasteiger partial charge >= 0.3 is 0 Å². The zero-order valence-electron chi connectivity index (χ0n) is 14.6. The Morgan fingerprint density at radius 2 is 1.96 bits per heavy atom. The first kappa shape index (κ1) is 16.0. The van der Waals surface area contributed by atoms with Gasteiger partial charge in [0.2, 0.25) is 0 Å². The fraction of sp³-hybridized carbons (Fsp3) is 0.0952. The van der Waals surface area contributed by atoms with Crippen LogP contribution in [-0.4, -0.2) is 19.5 Å². The van der Waals surface area contributed by atoms with Crippen LogP contribution in [0.15, 0.2) is 79.7 Å². The molecule has 0 atom stereocenters. The van der Waals surface area contributed by atoms with Crippen LogP contribution < -0.4 is 5.32 Å². The van der Waals surface area contributed by atoms with Crippen LogP contribution in [0.3, 0.4) is 0 Å².